The summed E-state index contributed by atoms with van der Waals surface area (Å²) in [7, 11) is 0. The van der Waals surface area contributed by atoms with E-state index in [0.717, 1.165) is 30.8 Å². The molecule has 2 aliphatic rings. The van der Waals surface area contributed by atoms with Gasteiger partial charge in [0.1, 0.15) is 0 Å². The molecule has 0 unspecified atom stereocenters. The molecule has 2 aliphatic heterocycles. The zero-order chi connectivity index (χ0) is 16.4. The molecule has 0 bridgehead atoms. The number of amides is 2. The van der Waals surface area contributed by atoms with Crippen LogP contribution in [0.25, 0.3) is 0 Å². The number of nitrogens with zero attached hydrogens (tertiary/aromatic N) is 2. The molecule has 124 valence electrons. The SMILES string of the molecule is O=C(Nc1ccccc1)N1[C@H]2OCCC[C@H]2CN1c1ccccc1. The van der Waals surface area contributed by atoms with Crippen LogP contribution in [0.15, 0.2) is 60.7 Å². The molecular weight excluding hydrogens is 302 g/mol. The molecule has 0 saturated carbocycles. The van der Waals surface area contributed by atoms with E-state index < -0.39 is 0 Å². The number of fused-ring (bicyclic) bond motifs is 1. The topological polar surface area (TPSA) is 44.8 Å². The Morgan fingerprint density at radius 2 is 1.75 bits per heavy atom. The maximum Gasteiger partial charge on any atom is 0.343 e. The summed E-state index contributed by atoms with van der Waals surface area (Å²) in [6.07, 6.45) is 1.95. The van der Waals surface area contributed by atoms with Crippen molar-refractivity contribution in [2.45, 2.75) is 19.1 Å². The highest BCUT2D eigenvalue weighted by Gasteiger charge is 2.45. The fourth-order valence-corrected chi connectivity index (χ4v) is 3.48. The molecule has 4 rings (SSSR count). The van der Waals surface area contributed by atoms with Crippen molar-refractivity contribution in [3.63, 3.8) is 0 Å². The van der Waals surface area contributed by atoms with Crippen LogP contribution in [0.4, 0.5) is 16.2 Å². The fraction of sp³-hybridized carbons (Fsp3) is 0.316. The van der Waals surface area contributed by atoms with E-state index in [0.29, 0.717) is 12.5 Å². The highest BCUT2D eigenvalue weighted by molar-refractivity contribution is 5.90. The molecule has 0 aromatic heterocycles. The third-order valence-electron chi connectivity index (χ3n) is 4.61. The van der Waals surface area contributed by atoms with Gasteiger partial charge in [0.25, 0.3) is 0 Å². The van der Waals surface area contributed by atoms with Crippen LogP contribution in [-0.2, 0) is 4.74 Å². The standard InChI is InChI=1S/C19H21N3O2/c23-19(20-16-9-3-1-4-10-16)22-18-15(8-7-13-24-18)14-21(22)17-11-5-2-6-12-17/h1-6,9-12,15,18H,7-8,13-14H2,(H,20,23)/t15-,18-/m0/s1. The Kier molecular flexibility index (Phi) is 4.09. The summed E-state index contributed by atoms with van der Waals surface area (Å²) in [6, 6.07) is 19.4. The van der Waals surface area contributed by atoms with Crippen LogP contribution in [0.2, 0.25) is 0 Å². The highest BCUT2D eigenvalue weighted by atomic mass is 16.5. The van der Waals surface area contributed by atoms with Gasteiger partial charge in [0.05, 0.1) is 5.69 Å². The van der Waals surface area contributed by atoms with Gasteiger partial charge in [0.2, 0.25) is 0 Å². The number of ether oxygens (including phenoxy) is 1. The highest BCUT2D eigenvalue weighted by Crippen LogP contribution is 2.35. The first kappa shape index (κ1) is 15.0. The van der Waals surface area contributed by atoms with Crippen LogP contribution in [0, 0.1) is 5.92 Å². The number of anilines is 2. The van der Waals surface area contributed by atoms with Crippen molar-refractivity contribution in [2.24, 2.45) is 5.92 Å². The third kappa shape index (κ3) is 2.83. The molecule has 0 radical (unpaired) electrons. The summed E-state index contributed by atoms with van der Waals surface area (Å²) in [5, 5.41) is 6.76. The van der Waals surface area contributed by atoms with Crippen LogP contribution < -0.4 is 10.3 Å². The van der Waals surface area contributed by atoms with E-state index in [1.807, 2.05) is 65.7 Å². The van der Waals surface area contributed by atoms with E-state index in [2.05, 4.69) is 5.32 Å². The Bertz CT molecular complexity index is 692. The Morgan fingerprint density at radius 1 is 1.04 bits per heavy atom. The molecule has 1 N–H and O–H groups in total. The first-order valence-corrected chi connectivity index (χ1v) is 8.42. The lowest BCUT2D eigenvalue weighted by Crippen LogP contribution is -2.50. The number of benzene rings is 2. The first-order chi connectivity index (χ1) is 11.8. The van der Waals surface area contributed by atoms with Gasteiger partial charge in [-0.05, 0) is 37.1 Å². The van der Waals surface area contributed by atoms with Gasteiger partial charge in [0.15, 0.2) is 6.23 Å². The lowest BCUT2D eigenvalue weighted by atomic mass is 10.0. The van der Waals surface area contributed by atoms with Crippen LogP contribution >= 0.6 is 0 Å². The normalized spacial score (nSPS) is 23.0. The second-order valence-electron chi connectivity index (χ2n) is 6.22. The average Bonchev–Trinajstić information content (AvgIpc) is 3.03. The van der Waals surface area contributed by atoms with Gasteiger partial charge in [-0.3, -0.25) is 5.01 Å². The second-order valence-corrected chi connectivity index (χ2v) is 6.22. The molecule has 2 aromatic carbocycles. The molecule has 2 saturated heterocycles. The lowest BCUT2D eigenvalue weighted by molar-refractivity contribution is -0.0680. The zero-order valence-electron chi connectivity index (χ0n) is 13.5. The van der Waals surface area contributed by atoms with Gasteiger partial charge in [-0.15, -0.1) is 0 Å². The van der Waals surface area contributed by atoms with E-state index in [9.17, 15) is 4.79 Å². The Labute approximate surface area is 141 Å². The summed E-state index contributed by atoms with van der Waals surface area (Å²) in [5.74, 6) is 0.348. The van der Waals surface area contributed by atoms with E-state index in [1.165, 1.54) is 0 Å². The van der Waals surface area contributed by atoms with E-state index in [4.69, 9.17) is 4.74 Å². The quantitative estimate of drug-likeness (QED) is 0.916. The van der Waals surface area contributed by atoms with Gasteiger partial charge < -0.3 is 10.1 Å². The van der Waals surface area contributed by atoms with Crippen molar-refractivity contribution >= 4 is 17.4 Å². The number of urea groups is 1. The largest absolute Gasteiger partial charge is 0.356 e. The van der Waals surface area contributed by atoms with Gasteiger partial charge >= 0.3 is 6.03 Å². The van der Waals surface area contributed by atoms with Crippen LogP contribution in [-0.4, -0.2) is 30.4 Å². The van der Waals surface area contributed by atoms with Crippen molar-refractivity contribution in [3.8, 4) is 0 Å². The lowest BCUT2D eigenvalue weighted by Gasteiger charge is -2.34. The number of nitrogens with one attached hydrogen (secondary N) is 1. The zero-order valence-corrected chi connectivity index (χ0v) is 13.5. The van der Waals surface area contributed by atoms with Gasteiger partial charge in [-0.25, -0.2) is 9.80 Å². The van der Waals surface area contributed by atoms with E-state index >= 15 is 0 Å². The number of hydrazine groups is 1. The molecule has 0 aliphatic carbocycles. The maximum absolute atomic E-state index is 12.9. The minimum absolute atomic E-state index is 0.153. The van der Waals surface area contributed by atoms with Crippen molar-refractivity contribution in [1.29, 1.82) is 0 Å². The number of rotatable bonds is 2. The third-order valence-corrected chi connectivity index (χ3v) is 4.61. The summed E-state index contributed by atoms with van der Waals surface area (Å²) < 4.78 is 5.95. The molecule has 0 spiro atoms. The number of carbonyl (C=O) groups is 1. The molecule has 5 nitrogen and oxygen atoms in total. The van der Waals surface area contributed by atoms with E-state index in [-0.39, 0.29) is 12.3 Å². The van der Waals surface area contributed by atoms with Crippen LogP contribution in [0.1, 0.15) is 12.8 Å². The predicted molar refractivity (Wildman–Crippen MR) is 93.6 cm³/mol. The smallest absolute Gasteiger partial charge is 0.343 e. The number of hydrogen-bond donors (Lipinski definition) is 1. The first-order valence-electron chi connectivity index (χ1n) is 8.42. The Morgan fingerprint density at radius 3 is 2.50 bits per heavy atom. The minimum atomic E-state index is -0.192. The summed E-state index contributed by atoms with van der Waals surface area (Å²) in [4.78, 5) is 12.9. The molecule has 2 atom stereocenters. The Hall–Kier alpha value is -2.53. The van der Waals surface area contributed by atoms with Crippen molar-refractivity contribution < 1.29 is 9.53 Å². The van der Waals surface area contributed by atoms with E-state index in [1.54, 1.807) is 5.01 Å². The van der Waals surface area contributed by atoms with Gasteiger partial charge in [-0.2, -0.15) is 0 Å². The van der Waals surface area contributed by atoms with Crippen molar-refractivity contribution in [2.75, 3.05) is 23.5 Å². The Balaban J connectivity index is 1.61. The number of carbonyl (C=O) groups excluding carboxylic acids is 1. The monoisotopic (exact) mass is 323 g/mol. The van der Waals surface area contributed by atoms with Crippen molar-refractivity contribution in [3.05, 3.63) is 60.7 Å². The van der Waals surface area contributed by atoms with Gasteiger partial charge in [0, 0.05) is 24.8 Å². The van der Waals surface area contributed by atoms with Gasteiger partial charge in [-0.1, -0.05) is 36.4 Å². The maximum atomic E-state index is 12.9. The molecule has 5 heteroatoms. The molecular formula is C19H21N3O2. The summed E-state index contributed by atoms with van der Waals surface area (Å²) >= 11 is 0. The molecule has 24 heavy (non-hydrogen) atoms. The molecule has 2 amide bonds. The number of hydrogen-bond acceptors (Lipinski definition) is 3. The van der Waals surface area contributed by atoms with Crippen LogP contribution in [0.5, 0.6) is 0 Å². The predicted octanol–water partition coefficient (Wildman–Crippen LogP) is 3.71. The summed E-state index contributed by atoms with van der Waals surface area (Å²) in [5.41, 5.74) is 1.80. The molecule has 2 heterocycles. The molecule has 2 fully saturated rings. The number of para-hydroxylation sites is 2. The summed E-state index contributed by atoms with van der Waals surface area (Å²) in [6.45, 7) is 1.51. The minimum Gasteiger partial charge on any atom is -0.356 e. The fourth-order valence-electron chi connectivity index (χ4n) is 3.48. The second kappa shape index (κ2) is 6.53. The molecule has 2 aromatic rings. The van der Waals surface area contributed by atoms with Crippen molar-refractivity contribution in [1.82, 2.24) is 5.01 Å². The average molecular weight is 323 g/mol. The van der Waals surface area contributed by atoms with Crippen LogP contribution in [0.3, 0.4) is 0 Å².